The highest BCUT2D eigenvalue weighted by Gasteiger charge is 2.31. The number of nitrogens with one attached hydrogen (secondary N) is 13. The van der Waals surface area contributed by atoms with Crippen molar-refractivity contribution in [3.8, 4) is 0 Å². The van der Waals surface area contributed by atoms with Crippen molar-refractivity contribution in [2.75, 3.05) is 106 Å². The molecule has 8 heterocycles. The van der Waals surface area contributed by atoms with E-state index < -0.39 is 23.3 Å². The third-order valence-corrected chi connectivity index (χ3v) is 19.5. The first-order chi connectivity index (χ1) is 52.5. The Hall–Kier alpha value is -11.8. The van der Waals surface area contributed by atoms with E-state index >= 15 is 0 Å². The monoisotopic (exact) mass is 1530 g/mol. The highest BCUT2D eigenvalue weighted by Crippen LogP contribution is 2.39. The fraction of sp³-hybridized carbons (Fsp3) is 0.317. The number of hydrogen-bond acceptors (Lipinski definition) is 12. The summed E-state index contributed by atoms with van der Waals surface area (Å²) in [4.78, 5) is 116. The molecule has 4 aromatic heterocycles. The van der Waals surface area contributed by atoms with Crippen molar-refractivity contribution in [3.05, 3.63) is 208 Å². The molecule has 8 amide bonds. The Morgan fingerprint density at radius 2 is 0.622 bits per heavy atom. The number of hydrogen-bond donors (Lipinski definition) is 14. The van der Waals surface area contributed by atoms with E-state index in [2.05, 4.69) is 105 Å². The predicted octanol–water partition coefficient (Wildman–Crippen LogP) is 10.4. The van der Waals surface area contributed by atoms with Gasteiger partial charge in [0.25, 0.3) is 47.3 Å². The largest absolute Gasteiger partial charge is 0.412 e. The summed E-state index contributed by atoms with van der Waals surface area (Å²) in [7, 11) is 0. The molecule has 0 atom stereocenters. The molecular weight excluding hydrogens is 1430 g/mol. The van der Waals surface area contributed by atoms with Gasteiger partial charge in [0.15, 0.2) is 0 Å². The summed E-state index contributed by atoms with van der Waals surface area (Å²) in [5, 5.41) is 25.6. The highest BCUT2D eigenvalue weighted by molar-refractivity contribution is 6.37. The van der Waals surface area contributed by atoms with Crippen LogP contribution in [0.1, 0.15) is 166 Å². The summed E-state index contributed by atoms with van der Waals surface area (Å²) < 4.78 is 54.4. The van der Waals surface area contributed by atoms with E-state index in [-0.39, 0.29) is 52.7 Å². The molecule has 0 saturated carbocycles. The summed E-state index contributed by atoms with van der Waals surface area (Å²) >= 11 is 0. The van der Waals surface area contributed by atoms with Crippen molar-refractivity contribution >= 4 is 117 Å². The van der Waals surface area contributed by atoms with Gasteiger partial charge < -0.3 is 88.8 Å². The summed E-state index contributed by atoms with van der Waals surface area (Å²) in [5.41, 5.74) is 22.0. The van der Waals surface area contributed by atoms with Crippen LogP contribution in [0, 0.1) is 78.7 Å². The van der Waals surface area contributed by atoms with Crippen molar-refractivity contribution in [1.29, 1.82) is 0 Å². The van der Waals surface area contributed by atoms with Crippen LogP contribution in [0.5, 0.6) is 0 Å². The Bertz CT molecular complexity index is 4850. The van der Waals surface area contributed by atoms with Crippen molar-refractivity contribution in [2.24, 2.45) is 5.73 Å². The molecule has 8 aromatic rings. The summed E-state index contributed by atoms with van der Waals surface area (Å²) in [5.74, 6) is -3.47. The van der Waals surface area contributed by atoms with E-state index in [1.54, 1.807) is 56.4 Å². The minimum absolute atomic E-state index is 0. The van der Waals surface area contributed by atoms with Crippen molar-refractivity contribution in [3.63, 3.8) is 0 Å². The Labute approximate surface area is 641 Å². The molecule has 0 spiro atoms. The molecule has 12 rings (SSSR count). The number of aromatic amines is 4. The van der Waals surface area contributed by atoms with E-state index in [1.807, 2.05) is 48.5 Å². The number of halogens is 4. The van der Waals surface area contributed by atoms with Crippen LogP contribution >= 0.6 is 0 Å². The van der Waals surface area contributed by atoms with Crippen LogP contribution in [0.2, 0.25) is 0 Å². The maximum Gasteiger partial charge on any atom is 0.256 e. The number of fused-ring (bicyclic) bond motifs is 4. The lowest BCUT2D eigenvalue weighted by Gasteiger charge is -2.18. The topological polar surface area (TPSA) is 372 Å². The number of carbonyl (C=O) groups is 8. The third-order valence-electron chi connectivity index (χ3n) is 19.5. The van der Waals surface area contributed by atoms with Gasteiger partial charge in [0.2, 0.25) is 0 Å². The number of amides is 8. The fourth-order valence-corrected chi connectivity index (χ4v) is 13.5. The first-order valence-corrected chi connectivity index (χ1v) is 36.6. The number of nitrogens with two attached hydrogens (primary N) is 1. The van der Waals surface area contributed by atoms with Gasteiger partial charge in [-0.25, -0.2) is 17.6 Å². The number of benzene rings is 4. The Kier molecular flexibility index (Phi) is 29.1. The van der Waals surface area contributed by atoms with E-state index in [9.17, 15) is 55.9 Å². The molecular formula is C82H98F4N16O9. The van der Waals surface area contributed by atoms with E-state index in [1.165, 1.54) is 54.6 Å². The zero-order valence-corrected chi connectivity index (χ0v) is 64.7. The lowest BCUT2D eigenvalue weighted by atomic mass is 10.0. The number of H-pyrrole nitrogens is 4. The predicted molar refractivity (Wildman–Crippen MR) is 429 cm³/mol. The molecule has 0 bridgehead atoms. The number of aryl methyl sites for hydroxylation is 4. The second-order valence-corrected chi connectivity index (χ2v) is 26.7. The van der Waals surface area contributed by atoms with Crippen molar-refractivity contribution in [2.45, 2.75) is 90.0 Å². The van der Waals surface area contributed by atoms with Gasteiger partial charge in [0.1, 0.15) is 23.3 Å². The highest BCUT2D eigenvalue weighted by atomic mass is 19.1. The van der Waals surface area contributed by atoms with Gasteiger partial charge in [-0.3, -0.25) is 38.4 Å². The van der Waals surface area contributed by atoms with Crippen LogP contribution in [-0.2, 0) is 19.2 Å². The molecule has 111 heavy (non-hydrogen) atoms. The molecule has 0 unspecified atom stereocenters. The molecule has 4 aromatic carbocycles. The molecule has 0 saturated heterocycles. The summed E-state index contributed by atoms with van der Waals surface area (Å²) in [6.45, 7) is 34.2. The number of rotatable bonds is 24. The maximum atomic E-state index is 13.7. The van der Waals surface area contributed by atoms with Crippen LogP contribution in [-0.4, -0.2) is 168 Å². The van der Waals surface area contributed by atoms with Gasteiger partial charge >= 0.3 is 0 Å². The van der Waals surface area contributed by atoms with Crippen LogP contribution in [0.25, 0.3) is 46.6 Å². The van der Waals surface area contributed by atoms with Gasteiger partial charge in [-0.2, -0.15) is 0 Å². The average molecular weight is 1530 g/mol. The molecule has 0 fully saturated rings. The second-order valence-electron chi connectivity index (χ2n) is 26.7. The SMILES string of the molecule is CCN(CC)CCNC(=O)c1c(C)[nH]c(/C=C2\C(=O)Nc3ccc(F)cc32)c1C.CCN(CC)CCNC(=O)c1c(C)[nH]c(/C=C2\C(=O)Nc3ccc(F)cc32)c1C.CCNCCNC(=O)c1c(C)[nH]c(/C=C2\C(=O)Nc3ccc(F)cc32)c1C.Cc1[nH]c(/C=C2\C(=O)Nc3ccc(F)cc32)c(C)c1C(=O)NCCN.O. The number of nitrogens with zero attached hydrogens (tertiary/aromatic N) is 2. The fourth-order valence-electron chi connectivity index (χ4n) is 13.5. The lowest BCUT2D eigenvalue weighted by Crippen LogP contribution is -2.35. The molecule has 588 valence electrons. The van der Waals surface area contributed by atoms with E-state index in [4.69, 9.17) is 5.73 Å². The lowest BCUT2D eigenvalue weighted by molar-refractivity contribution is -0.111. The number of likely N-dealkylation sites (N-methyl/N-ethyl adjacent to an activating group) is 3. The quantitative estimate of drug-likeness (QED) is 0.0153. The van der Waals surface area contributed by atoms with Gasteiger partial charge in [-0.15, -0.1) is 0 Å². The van der Waals surface area contributed by atoms with Crippen molar-refractivity contribution in [1.82, 2.24) is 56.3 Å². The first-order valence-electron chi connectivity index (χ1n) is 36.6. The van der Waals surface area contributed by atoms with E-state index in [0.29, 0.717) is 157 Å². The molecule has 0 aliphatic carbocycles. The first kappa shape index (κ1) is 84.9. The summed E-state index contributed by atoms with van der Waals surface area (Å²) in [6.07, 6.45) is 6.66. The second kappa shape index (κ2) is 38.1. The zero-order chi connectivity index (χ0) is 79.9. The standard InChI is InChI=1S/2C22H27FN4O2.C20H23FN4O2.C18H19FN4O2.H2O/c2*1-5-27(6-2)10-9-24-22(29)20-13(3)19(25-14(20)4)12-17-16-11-15(23)7-8-18(16)26-21(17)28;1-4-22-7-8-23-20(27)18-11(2)17(24-12(18)3)10-15-14-9-13(21)5-6-16(14)25-19(15)26;1-9-15(22-10(2)16(9)18(25)21-6-5-20)8-13-12-7-11(19)3-4-14(12)23-17(13)24;/h2*7-8,11-12,25H,5-6,9-10H2,1-4H3,(H,24,29)(H,26,28);5-6,9-10,22,24H,4,7-8H2,1-3H3,(H,23,27)(H,25,26);3-4,7-8,22H,5-6,20H2,1-2H3,(H,21,25)(H,23,24);1H2/b2*17-12-;15-10-;13-8-;. The molecule has 29 heteroatoms. The maximum absolute atomic E-state index is 13.7. The Morgan fingerprint density at radius 1 is 0.378 bits per heavy atom. The minimum Gasteiger partial charge on any atom is -0.412 e. The molecule has 17 N–H and O–H groups in total. The van der Waals surface area contributed by atoms with Gasteiger partial charge in [-0.05, 0) is 207 Å². The third kappa shape index (κ3) is 19.8. The smallest absolute Gasteiger partial charge is 0.256 e. The Balaban J connectivity index is 0.000000186. The number of carbonyl (C=O) groups excluding carboxylic acids is 8. The number of aromatic nitrogens is 4. The van der Waals surface area contributed by atoms with Crippen molar-refractivity contribution < 1.29 is 61.4 Å². The molecule has 25 nitrogen and oxygen atoms in total. The van der Waals surface area contributed by atoms with Gasteiger partial charge in [0, 0.05) is 143 Å². The van der Waals surface area contributed by atoms with Crippen LogP contribution in [0.3, 0.4) is 0 Å². The zero-order valence-electron chi connectivity index (χ0n) is 64.7. The van der Waals surface area contributed by atoms with Crippen LogP contribution in [0.15, 0.2) is 72.8 Å². The molecule has 4 aliphatic heterocycles. The normalized spacial score (nSPS) is 14.3. The molecule has 0 radical (unpaired) electrons. The van der Waals surface area contributed by atoms with Crippen LogP contribution in [0.4, 0.5) is 40.3 Å². The average Bonchev–Trinajstić information content (AvgIpc) is 1.65. The molecule has 4 aliphatic rings. The van der Waals surface area contributed by atoms with Crippen LogP contribution < -0.4 is 53.6 Å². The van der Waals surface area contributed by atoms with Gasteiger partial charge in [-0.1, -0.05) is 34.6 Å². The minimum atomic E-state index is -0.414. The Morgan fingerprint density at radius 3 is 0.856 bits per heavy atom. The van der Waals surface area contributed by atoms with Gasteiger partial charge in [0.05, 0.1) is 44.5 Å². The summed E-state index contributed by atoms with van der Waals surface area (Å²) in [6, 6.07) is 16.7. The van der Waals surface area contributed by atoms with E-state index in [0.717, 1.165) is 85.1 Å². The number of anilines is 4.